The van der Waals surface area contributed by atoms with Crippen LogP contribution in [0.1, 0.15) is 19.3 Å². The molecular formula is C13H28N4O2S. The van der Waals surface area contributed by atoms with Crippen LogP contribution in [0.5, 0.6) is 0 Å². The molecule has 0 radical (unpaired) electrons. The highest BCUT2D eigenvalue weighted by molar-refractivity contribution is 7.89. The molecule has 7 heteroatoms. The fourth-order valence-corrected chi connectivity index (χ4v) is 3.97. The van der Waals surface area contributed by atoms with E-state index in [9.17, 15) is 8.42 Å². The molecule has 0 bridgehead atoms. The molecule has 0 amide bonds. The first kappa shape index (κ1) is 16.2. The van der Waals surface area contributed by atoms with Crippen LogP contribution in [0.15, 0.2) is 0 Å². The van der Waals surface area contributed by atoms with E-state index >= 15 is 0 Å². The van der Waals surface area contributed by atoms with Crippen LogP contribution in [0.3, 0.4) is 0 Å². The average molecular weight is 304 g/mol. The van der Waals surface area contributed by atoms with Crippen LogP contribution in [0, 0.1) is 0 Å². The molecule has 2 N–H and O–H groups in total. The molecule has 20 heavy (non-hydrogen) atoms. The Kier molecular flexibility index (Phi) is 6.22. The average Bonchev–Trinajstić information content (AvgIpc) is 2.46. The van der Waals surface area contributed by atoms with Gasteiger partial charge in [0.25, 0.3) is 0 Å². The normalized spacial score (nSPS) is 26.8. The van der Waals surface area contributed by atoms with Crippen molar-refractivity contribution in [2.75, 3.05) is 58.6 Å². The van der Waals surface area contributed by atoms with Gasteiger partial charge in [-0.15, -0.1) is 0 Å². The molecule has 0 saturated carbocycles. The number of rotatable bonds is 6. The summed E-state index contributed by atoms with van der Waals surface area (Å²) >= 11 is 0. The van der Waals surface area contributed by atoms with Crippen molar-refractivity contribution in [1.82, 2.24) is 19.8 Å². The Morgan fingerprint density at radius 2 is 1.95 bits per heavy atom. The highest BCUT2D eigenvalue weighted by atomic mass is 32.2. The van der Waals surface area contributed by atoms with Crippen molar-refractivity contribution < 1.29 is 8.42 Å². The van der Waals surface area contributed by atoms with E-state index in [2.05, 4.69) is 26.9 Å². The Morgan fingerprint density at radius 3 is 2.65 bits per heavy atom. The van der Waals surface area contributed by atoms with Gasteiger partial charge in [-0.2, -0.15) is 0 Å². The summed E-state index contributed by atoms with van der Waals surface area (Å²) in [7, 11) is -1.06. The minimum atomic E-state index is -3.14. The van der Waals surface area contributed by atoms with Crippen LogP contribution in [0.4, 0.5) is 0 Å². The minimum Gasteiger partial charge on any atom is -0.314 e. The van der Waals surface area contributed by atoms with Gasteiger partial charge in [0.15, 0.2) is 0 Å². The predicted molar refractivity (Wildman–Crippen MR) is 81.4 cm³/mol. The number of piperidine rings is 1. The van der Waals surface area contributed by atoms with Crippen molar-refractivity contribution in [3.05, 3.63) is 0 Å². The predicted octanol–water partition coefficient (Wildman–Crippen LogP) is -0.705. The van der Waals surface area contributed by atoms with Gasteiger partial charge in [-0.1, -0.05) is 6.42 Å². The molecule has 1 unspecified atom stereocenters. The lowest BCUT2D eigenvalue weighted by Crippen LogP contribution is -2.47. The number of hydrogen-bond donors (Lipinski definition) is 2. The summed E-state index contributed by atoms with van der Waals surface area (Å²) in [4.78, 5) is 4.48. The molecule has 1 atom stereocenters. The van der Waals surface area contributed by atoms with Gasteiger partial charge >= 0.3 is 0 Å². The molecule has 0 aliphatic carbocycles. The van der Waals surface area contributed by atoms with Gasteiger partial charge in [0.2, 0.25) is 10.0 Å². The molecule has 2 aliphatic rings. The summed E-state index contributed by atoms with van der Waals surface area (Å²) in [6, 6.07) is 0.359. The monoisotopic (exact) mass is 304 g/mol. The SMILES string of the molecule is CN1CCCCC1CNS(=O)(=O)CCN1CCNCC1. The molecule has 6 nitrogen and oxygen atoms in total. The van der Waals surface area contributed by atoms with Crippen LogP contribution >= 0.6 is 0 Å². The molecule has 2 fully saturated rings. The van der Waals surface area contributed by atoms with Crippen LogP contribution < -0.4 is 10.0 Å². The largest absolute Gasteiger partial charge is 0.314 e. The van der Waals surface area contributed by atoms with E-state index in [0.29, 0.717) is 19.1 Å². The van der Waals surface area contributed by atoms with Gasteiger partial charge in [0, 0.05) is 45.3 Å². The Labute approximate surface area is 122 Å². The number of nitrogens with one attached hydrogen (secondary N) is 2. The first-order valence-corrected chi connectivity index (χ1v) is 9.33. The standard InChI is InChI=1S/C13H28N4O2S/c1-16-7-3-2-4-13(16)12-15-20(18,19)11-10-17-8-5-14-6-9-17/h13-15H,2-12H2,1H3. The molecule has 0 spiro atoms. The van der Waals surface area contributed by atoms with E-state index in [4.69, 9.17) is 0 Å². The highest BCUT2D eigenvalue weighted by Crippen LogP contribution is 2.14. The number of piperazine rings is 1. The molecule has 2 heterocycles. The van der Waals surface area contributed by atoms with Gasteiger partial charge in [-0.3, -0.25) is 4.90 Å². The van der Waals surface area contributed by atoms with Crippen LogP contribution in [0.25, 0.3) is 0 Å². The summed E-state index contributed by atoms with van der Waals surface area (Å²) in [5.74, 6) is 0.212. The van der Waals surface area contributed by atoms with Crippen LogP contribution in [-0.4, -0.2) is 82.9 Å². The number of nitrogens with zero attached hydrogens (tertiary/aromatic N) is 2. The van der Waals surface area contributed by atoms with Gasteiger partial charge in [-0.05, 0) is 26.4 Å². The lowest BCUT2D eigenvalue weighted by molar-refractivity contribution is 0.187. The third-order valence-corrected chi connectivity index (χ3v) is 5.67. The Bertz CT molecular complexity index is 382. The summed E-state index contributed by atoms with van der Waals surface area (Å²) in [5, 5.41) is 3.27. The van der Waals surface area contributed by atoms with Crippen molar-refractivity contribution >= 4 is 10.0 Å². The molecular weight excluding hydrogens is 276 g/mol. The second-order valence-corrected chi connectivity index (χ2v) is 7.82. The zero-order valence-corrected chi connectivity index (χ0v) is 13.3. The third-order valence-electron chi connectivity index (χ3n) is 4.35. The summed E-state index contributed by atoms with van der Waals surface area (Å²) in [6.07, 6.45) is 3.52. The lowest BCUT2D eigenvalue weighted by atomic mass is 10.0. The van der Waals surface area contributed by atoms with E-state index in [-0.39, 0.29) is 5.75 Å². The molecule has 0 aromatic rings. The van der Waals surface area contributed by atoms with Crippen molar-refractivity contribution in [3.63, 3.8) is 0 Å². The highest BCUT2D eigenvalue weighted by Gasteiger charge is 2.21. The molecule has 118 valence electrons. The smallest absolute Gasteiger partial charge is 0.212 e. The van der Waals surface area contributed by atoms with Crippen molar-refractivity contribution in [3.8, 4) is 0 Å². The molecule has 2 saturated heterocycles. The fraction of sp³-hybridized carbons (Fsp3) is 1.00. The molecule has 2 aliphatic heterocycles. The Balaban J connectivity index is 1.70. The van der Waals surface area contributed by atoms with Crippen molar-refractivity contribution in [1.29, 1.82) is 0 Å². The number of sulfonamides is 1. The third kappa shape index (κ3) is 5.29. The van der Waals surface area contributed by atoms with Crippen LogP contribution in [-0.2, 0) is 10.0 Å². The van der Waals surface area contributed by atoms with E-state index in [1.165, 1.54) is 12.8 Å². The van der Waals surface area contributed by atoms with Gasteiger partial charge in [-0.25, -0.2) is 13.1 Å². The zero-order chi connectivity index (χ0) is 14.4. The lowest BCUT2D eigenvalue weighted by Gasteiger charge is -2.32. The van der Waals surface area contributed by atoms with E-state index < -0.39 is 10.0 Å². The second kappa shape index (κ2) is 7.70. The maximum atomic E-state index is 12.1. The van der Waals surface area contributed by atoms with E-state index in [1.807, 2.05) is 0 Å². The Hall–Kier alpha value is -0.210. The molecule has 2 rings (SSSR count). The van der Waals surface area contributed by atoms with Gasteiger partial charge < -0.3 is 10.2 Å². The maximum absolute atomic E-state index is 12.1. The first-order valence-electron chi connectivity index (χ1n) is 7.67. The maximum Gasteiger partial charge on any atom is 0.212 e. The van der Waals surface area contributed by atoms with E-state index in [0.717, 1.165) is 39.1 Å². The second-order valence-electron chi connectivity index (χ2n) is 5.89. The number of likely N-dealkylation sites (N-methyl/N-ethyl adjacent to an activating group) is 1. The van der Waals surface area contributed by atoms with Crippen molar-refractivity contribution in [2.24, 2.45) is 0 Å². The van der Waals surface area contributed by atoms with Gasteiger partial charge in [0.05, 0.1) is 5.75 Å². The topological polar surface area (TPSA) is 64.7 Å². The van der Waals surface area contributed by atoms with Gasteiger partial charge in [0.1, 0.15) is 0 Å². The molecule has 0 aromatic carbocycles. The molecule has 0 aromatic heterocycles. The number of hydrogen-bond acceptors (Lipinski definition) is 5. The fourth-order valence-electron chi connectivity index (χ4n) is 2.88. The van der Waals surface area contributed by atoms with E-state index in [1.54, 1.807) is 0 Å². The minimum absolute atomic E-state index is 0.212. The quantitative estimate of drug-likeness (QED) is 0.679. The zero-order valence-electron chi connectivity index (χ0n) is 12.5. The summed E-state index contributed by atoms with van der Waals surface area (Å²) in [6.45, 7) is 6.08. The number of likely N-dealkylation sites (tertiary alicyclic amines) is 1. The van der Waals surface area contributed by atoms with Crippen LogP contribution in [0.2, 0.25) is 0 Å². The summed E-state index contributed by atoms with van der Waals surface area (Å²) < 4.78 is 26.9. The Morgan fingerprint density at radius 1 is 1.20 bits per heavy atom. The summed E-state index contributed by atoms with van der Waals surface area (Å²) in [5.41, 5.74) is 0. The first-order chi connectivity index (χ1) is 9.57. The van der Waals surface area contributed by atoms with Crippen molar-refractivity contribution in [2.45, 2.75) is 25.3 Å².